The van der Waals surface area contributed by atoms with E-state index in [-0.39, 0.29) is 0 Å². The lowest BCUT2D eigenvalue weighted by molar-refractivity contribution is 1.12. The van der Waals surface area contributed by atoms with Crippen molar-refractivity contribution in [2.24, 2.45) is 0 Å². The Morgan fingerprint density at radius 2 is 2.13 bits per heavy atom. The summed E-state index contributed by atoms with van der Waals surface area (Å²) >= 11 is 9.76. The van der Waals surface area contributed by atoms with Crippen molar-refractivity contribution < 1.29 is 0 Å². The minimum Gasteiger partial charge on any atom is -0.398 e. The van der Waals surface area contributed by atoms with Gasteiger partial charge in [-0.15, -0.1) is 11.8 Å². The maximum atomic E-state index is 5.93. The molecule has 0 heterocycles. The Morgan fingerprint density at radius 1 is 1.33 bits per heavy atom. The average Bonchev–Trinajstić information content (AvgIpc) is 2.23. The van der Waals surface area contributed by atoms with Gasteiger partial charge in [0.05, 0.1) is 10.7 Å². The van der Waals surface area contributed by atoms with Crippen LogP contribution in [0, 0.1) is 0 Å². The smallest absolute Gasteiger partial charge is 0.0646 e. The summed E-state index contributed by atoms with van der Waals surface area (Å²) in [6, 6.07) is 5.83. The third-order valence-electron chi connectivity index (χ3n) is 1.88. The summed E-state index contributed by atoms with van der Waals surface area (Å²) < 4.78 is 0. The van der Waals surface area contributed by atoms with Crippen molar-refractivity contribution in [3.8, 4) is 0 Å². The van der Waals surface area contributed by atoms with Gasteiger partial charge in [-0.25, -0.2) is 0 Å². The molecule has 0 aliphatic heterocycles. The van der Waals surface area contributed by atoms with Crippen LogP contribution in [0.25, 0.3) is 0 Å². The van der Waals surface area contributed by atoms with Gasteiger partial charge in [-0.1, -0.05) is 18.5 Å². The van der Waals surface area contributed by atoms with Gasteiger partial charge in [0.15, 0.2) is 0 Å². The fourth-order valence-electron chi connectivity index (χ4n) is 1.09. The number of nitrogens with two attached hydrogens (primary N) is 1. The van der Waals surface area contributed by atoms with E-state index in [2.05, 4.69) is 6.92 Å². The first-order valence-corrected chi connectivity index (χ1v) is 7.51. The molecule has 0 unspecified atom stereocenters. The molecule has 1 aromatic carbocycles. The molecule has 0 saturated carbocycles. The van der Waals surface area contributed by atoms with Crippen LogP contribution in [0.3, 0.4) is 0 Å². The lowest BCUT2D eigenvalue weighted by Gasteiger charge is -2.03. The second-order valence-corrected chi connectivity index (χ2v) is 6.05. The van der Waals surface area contributed by atoms with Gasteiger partial charge in [-0.2, -0.15) is 11.8 Å². The van der Waals surface area contributed by atoms with Crippen LogP contribution in [0.4, 0.5) is 5.69 Å². The average molecular weight is 262 g/mol. The summed E-state index contributed by atoms with van der Waals surface area (Å²) in [4.78, 5) is 1.20. The van der Waals surface area contributed by atoms with Crippen LogP contribution in [0.15, 0.2) is 23.1 Å². The topological polar surface area (TPSA) is 26.0 Å². The van der Waals surface area contributed by atoms with Crippen molar-refractivity contribution in [2.45, 2.75) is 18.2 Å². The highest BCUT2D eigenvalue weighted by molar-refractivity contribution is 8.00. The summed E-state index contributed by atoms with van der Waals surface area (Å²) in [5, 5.41) is 0.655. The van der Waals surface area contributed by atoms with E-state index >= 15 is 0 Å². The van der Waals surface area contributed by atoms with E-state index < -0.39 is 0 Å². The summed E-state index contributed by atoms with van der Waals surface area (Å²) in [5.41, 5.74) is 6.29. The first-order chi connectivity index (χ1) is 7.24. The largest absolute Gasteiger partial charge is 0.398 e. The highest BCUT2D eigenvalue weighted by Gasteiger charge is 1.98. The fourth-order valence-corrected chi connectivity index (χ4v) is 3.05. The third-order valence-corrected chi connectivity index (χ3v) is 4.27. The van der Waals surface area contributed by atoms with Crippen LogP contribution in [-0.4, -0.2) is 17.3 Å². The molecule has 0 aromatic heterocycles. The molecule has 0 radical (unpaired) electrons. The van der Waals surface area contributed by atoms with E-state index in [9.17, 15) is 0 Å². The molecule has 0 bridgehead atoms. The summed E-state index contributed by atoms with van der Waals surface area (Å²) in [6.45, 7) is 2.19. The van der Waals surface area contributed by atoms with E-state index in [1.54, 1.807) is 0 Å². The van der Waals surface area contributed by atoms with E-state index in [0.717, 1.165) is 5.75 Å². The molecule has 4 heteroatoms. The Morgan fingerprint density at radius 3 is 2.80 bits per heavy atom. The molecule has 2 N–H and O–H groups in total. The van der Waals surface area contributed by atoms with E-state index in [1.807, 2.05) is 41.7 Å². The van der Waals surface area contributed by atoms with Crippen molar-refractivity contribution in [2.75, 3.05) is 23.0 Å². The Labute approximate surface area is 105 Å². The van der Waals surface area contributed by atoms with Gasteiger partial charge in [0.1, 0.15) is 0 Å². The third kappa shape index (κ3) is 5.05. The Balaban J connectivity index is 2.28. The molecule has 0 aliphatic rings. The quantitative estimate of drug-likeness (QED) is 0.473. The number of nitrogen functional groups attached to an aromatic ring is 1. The second-order valence-electron chi connectivity index (χ2n) is 3.08. The number of anilines is 1. The highest BCUT2D eigenvalue weighted by Crippen LogP contribution is 2.26. The molecular formula is C11H16ClNS2. The predicted octanol–water partition coefficient (Wildman–Crippen LogP) is 4.16. The zero-order valence-electron chi connectivity index (χ0n) is 8.83. The van der Waals surface area contributed by atoms with Crippen molar-refractivity contribution >= 4 is 40.8 Å². The van der Waals surface area contributed by atoms with Crippen molar-refractivity contribution in [3.63, 3.8) is 0 Å². The van der Waals surface area contributed by atoms with Crippen LogP contribution < -0.4 is 5.73 Å². The molecule has 1 aromatic rings. The van der Waals surface area contributed by atoms with Gasteiger partial charge in [0.25, 0.3) is 0 Å². The monoisotopic (exact) mass is 261 g/mol. The number of rotatable bonds is 6. The Bertz CT molecular complexity index is 305. The fraction of sp³-hybridized carbons (Fsp3) is 0.455. The predicted molar refractivity (Wildman–Crippen MR) is 74.2 cm³/mol. The first-order valence-electron chi connectivity index (χ1n) is 4.99. The molecule has 0 atom stereocenters. The second kappa shape index (κ2) is 7.31. The minimum atomic E-state index is 0.655. The van der Waals surface area contributed by atoms with Gasteiger partial charge in [-0.05, 0) is 41.9 Å². The van der Waals surface area contributed by atoms with E-state index in [0.29, 0.717) is 10.7 Å². The number of benzene rings is 1. The summed E-state index contributed by atoms with van der Waals surface area (Å²) in [6.07, 6.45) is 1.24. The van der Waals surface area contributed by atoms with Crippen LogP contribution >= 0.6 is 35.1 Å². The molecule has 1 nitrogen and oxygen atoms in total. The van der Waals surface area contributed by atoms with Crippen molar-refractivity contribution in [1.29, 1.82) is 0 Å². The molecule has 0 fully saturated rings. The molecule has 0 amide bonds. The zero-order chi connectivity index (χ0) is 11.1. The van der Waals surface area contributed by atoms with Gasteiger partial charge in [-0.3, -0.25) is 0 Å². The first kappa shape index (κ1) is 13.1. The molecular weight excluding hydrogens is 246 g/mol. The molecule has 15 heavy (non-hydrogen) atoms. The molecule has 1 rings (SSSR count). The van der Waals surface area contributed by atoms with Crippen molar-refractivity contribution in [3.05, 3.63) is 23.2 Å². The maximum absolute atomic E-state index is 5.93. The van der Waals surface area contributed by atoms with Crippen LogP contribution in [-0.2, 0) is 0 Å². The zero-order valence-corrected chi connectivity index (χ0v) is 11.2. The molecule has 84 valence electrons. The van der Waals surface area contributed by atoms with Gasteiger partial charge in [0.2, 0.25) is 0 Å². The van der Waals surface area contributed by atoms with Gasteiger partial charge < -0.3 is 5.73 Å². The highest BCUT2D eigenvalue weighted by atomic mass is 35.5. The molecule has 0 saturated heterocycles. The summed E-state index contributed by atoms with van der Waals surface area (Å²) in [5.74, 6) is 3.60. The Kier molecular flexibility index (Phi) is 6.37. The standard InChI is InChI=1S/C11H16ClNS2/c1-2-14-6-3-7-15-9-4-5-11(13)10(12)8-9/h4-5,8H,2-3,6-7,13H2,1H3. The van der Waals surface area contributed by atoms with Crippen LogP contribution in [0.1, 0.15) is 13.3 Å². The van der Waals surface area contributed by atoms with Gasteiger partial charge >= 0.3 is 0 Å². The van der Waals surface area contributed by atoms with Crippen LogP contribution in [0.2, 0.25) is 5.02 Å². The Hall–Kier alpha value is 0.01000. The lowest BCUT2D eigenvalue weighted by Crippen LogP contribution is -1.87. The normalized spacial score (nSPS) is 10.5. The van der Waals surface area contributed by atoms with Gasteiger partial charge in [0, 0.05) is 4.90 Å². The van der Waals surface area contributed by atoms with Crippen molar-refractivity contribution in [1.82, 2.24) is 0 Å². The number of hydrogen-bond donors (Lipinski definition) is 1. The van der Waals surface area contributed by atoms with E-state index in [1.165, 1.54) is 22.8 Å². The van der Waals surface area contributed by atoms with E-state index in [4.69, 9.17) is 17.3 Å². The molecule has 0 aliphatic carbocycles. The number of thioether (sulfide) groups is 2. The number of hydrogen-bond acceptors (Lipinski definition) is 3. The number of halogens is 1. The molecule has 0 spiro atoms. The SMILES string of the molecule is CCSCCCSc1ccc(N)c(Cl)c1. The maximum Gasteiger partial charge on any atom is 0.0646 e. The summed E-state index contributed by atoms with van der Waals surface area (Å²) in [7, 11) is 0. The lowest BCUT2D eigenvalue weighted by atomic mass is 10.3. The minimum absolute atomic E-state index is 0.655. The van der Waals surface area contributed by atoms with Crippen LogP contribution in [0.5, 0.6) is 0 Å².